The first-order chi connectivity index (χ1) is 8.05. The monoisotopic (exact) mass is 244 g/mol. The molecule has 1 unspecified atom stereocenters. The van der Waals surface area contributed by atoms with E-state index in [0.29, 0.717) is 26.2 Å². The second kappa shape index (κ2) is 4.89. The zero-order valence-electron chi connectivity index (χ0n) is 10.1. The van der Waals surface area contributed by atoms with Gasteiger partial charge in [0, 0.05) is 19.5 Å². The third kappa shape index (κ3) is 3.15. The average molecular weight is 244 g/mol. The number of piperidine rings is 1. The fourth-order valence-corrected chi connectivity index (χ4v) is 2.61. The van der Waals surface area contributed by atoms with Gasteiger partial charge in [-0.1, -0.05) is 5.92 Å². The molecular formula is C12H18F2N2O. The van der Waals surface area contributed by atoms with E-state index < -0.39 is 11.5 Å². The zero-order chi connectivity index (χ0) is 12.4. The largest absolute Gasteiger partial charge is 0.358 e. The Balaban J connectivity index is 2.08. The van der Waals surface area contributed by atoms with Crippen molar-refractivity contribution in [3.05, 3.63) is 0 Å². The Kier molecular flexibility index (Phi) is 3.67. The molecule has 3 nitrogen and oxygen atoms in total. The van der Waals surface area contributed by atoms with Crippen molar-refractivity contribution in [3.63, 3.8) is 0 Å². The lowest BCUT2D eigenvalue weighted by Crippen LogP contribution is -2.60. The summed E-state index contributed by atoms with van der Waals surface area (Å²) >= 11 is 0. The molecule has 0 aromatic heterocycles. The molecule has 0 bridgehead atoms. The lowest BCUT2D eigenvalue weighted by atomic mass is 9.86. The van der Waals surface area contributed by atoms with E-state index in [-0.39, 0.29) is 13.0 Å². The van der Waals surface area contributed by atoms with Crippen LogP contribution in [0.25, 0.3) is 0 Å². The number of rotatable bonds is 1. The van der Waals surface area contributed by atoms with E-state index in [1.807, 2.05) is 0 Å². The number of nitrogens with zero attached hydrogens (tertiary/aromatic N) is 1. The minimum Gasteiger partial charge on any atom is -0.358 e. The first-order valence-electron chi connectivity index (χ1n) is 5.90. The van der Waals surface area contributed by atoms with E-state index in [1.54, 1.807) is 11.8 Å². The molecule has 2 rings (SSSR count). The van der Waals surface area contributed by atoms with Gasteiger partial charge in [-0.2, -0.15) is 0 Å². The van der Waals surface area contributed by atoms with Crippen LogP contribution in [0.2, 0.25) is 0 Å². The van der Waals surface area contributed by atoms with E-state index in [0.717, 1.165) is 6.54 Å². The summed E-state index contributed by atoms with van der Waals surface area (Å²) in [6.45, 7) is 3.56. The maximum atomic E-state index is 13.7. The van der Waals surface area contributed by atoms with Gasteiger partial charge in [-0.25, -0.2) is 8.78 Å². The Labute approximate surface area is 100 Å². The third-order valence-corrected chi connectivity index (χ3v) is 3.26. The minimum atomic E-state index is -2.68. The number of halogens is 2. The van der Waals surface area contributed by atoms with Crippen LogP contribution in [-0.4, -0.2) is 49.3 Å². The highest BCUT2D eigenvalue weighted by Gasteiger charge is 2.50. The maximum absolute atomic E-state index is 13.7. The lowest BCUT2D eigenvalue weighted by molar-refractivity contribution is -0.189. The van der Waals surface area contributed by atoms with Crippen LogP contribution in [0.3, 0.4) is 0 Å². The number of alkyl halides is 2. The molecule has 0 aliphatic carbocycles. The highest BCUT2D eigenvalue weighted by molar-refractivity contribution is 5.03. The van der Waals surface area contributed by atoms with Crippen LogP contribution in [-0.2, 0) is 4.74 Å². The molecule has 5 heteroatoms. The quantitative estimate of drug-likeness (QED) is 0.698. The molecule has 0 aromatic rings. The standard InChI is InChI=1S/C12H18F2N2O/c1-2-3-6-16-8-11(4-5-15-10-17-11)7-12(13,14)9-16/h15H,4-10H2,1H3. The fourth-order valence-electron chi connectivity index (χ4n) is 2.61. The maximum Gasteiger partial charge on any atom is 0.263 e. The second-order valence-electron chi connectivity index (χ2n) is 4.83. The molecular weight excluding hydrogens is 226 g/mol. The Hall–Kier alpha value is -0.700. The van der Waals surface area contributed by atoms with Gasteiger partial charge >= 0.3 is 0 Å². The van der Waals surface area contributed by atoms with Crippen LogP contribution in [0.5, 0.6) is 0 Å². The minimum absolute atomic E-state index is 0.169. The summed E-state index contributed by atoms with van der Waals surface area (Å²) in [5, 5.41) is 3.03. The molecule has 1 spiro atoms. The molecule has 0 aromatic carbocycles. The molecule has 17 heavy (non-hydrogen) atoms. The molecule has 2 aliphatic heterocycles. The topological polar surface area (TPSA) is 24.5 Å². The van der Waals surface area contributed by atoms with Crippen molar-refractivity contribution in [2.45, 2.75) is 31.3 Å². The molecule has 2 heterocycles. The van der Waals surface area contributed by atoms with Gasteiger partial charge in [0.25, 0.3) is 5.92 Å². The molecule has 2 fully saturated rings. The van der Waals surface area contributed by atoms with E-state index in [2.05, 4.69) is 17.2 Å². The Morgan fingerprint density at radius 1 is 1.41 bits per heavy atom. The molecule has 2 saturated heterocycles. The first-order valence-corrected chi connectivity index (χ1v) is 5.90. The van der Waals surface area contributed by atoms with Gasteiger partial charge < -0.3 is 4.74 Å². The van der Waals surface area contributed by atoms with Gasteiger partial charge in [0.2, 0.25) is 0 Å². The fraction of sp³-hybridized carbons (Fsp3) is 0.833. The summed E-state index contributed by atoms with van der Waals surface area (Å²) in [4.78, 5) is 1.70. The third-order valence-electron chi connectivity index (χ3n) is 3.26. The number of nitrogens with one attached hydrogen (secondary N) is 1. The average Bonchev–Trinajstić information content (AvgIpc) is 2.25. The first kappa shape index (κ1) is 12.7. The predicted octanol–water partition coefficient (Wildman–Crippen LogP) is 1.06. The van der Waals surface area contributed by atoms with E-state index in [4.69, 9.17) is 4.74 Å². The van der Waals surface area contributed by atoms with Crippen molar-refractivity contribution in [2.24, 2.45) is 0 Å². The Bertz CT molecular complexity index is 329. The molecule has 96 valence electrons. The zero-order valence-corrected chi connectivity index (χ0v) is 10.1. The molecule has 2 aliphatic rings. The van der Waals surface area contributed by atoms with Gasteiger partial charge in [0.15, 0.2) is 0 Å². The summed E-state index contributed by atoms with van der Waals surface area (Å²) in [7, 11) is 0. The van der Waals surface area contributed by atoms with Crippen molar-refractivity contribution >= 4 is 0 Å². The SMILES string of the molecule is CC#CCN1CC(F)(F)CC2(CCNCO2)C1. The smallest absolute Gasteiger partial charge is 0.263 e. The van der Waals surface area contributed by atoms with E-state index in [9.17, 15) is 8.78 Å². The molecule has 1 atom stereocenters. The van der Waals surface area contributed by atoms with Gasteiger partial charge in [0.1, 0.15) is 0 Å². The van der Waals surface area contributed by atoms with Crippen molar-refractivity contribution in [1.29, 1.82) is 0 Å². The highest BCUT2D eigenvalue weighted by Crippen LogP contribution is 2.37. The normalized spacial score (nSPS) is 33.1. The van der Waals surface area contributed by atoms with Crippen molar-refractivity contribution < 1.29 is 13.5 Å². The molecule has 0 amide bonds. The van der Waals surface area contributed by atoms with Crippen LogP contribution < -0.4 is 5.32 Å². The summed E-state index contributed by atoms with van der Waals surface area (Å²) < 4.78 is 33.0. The van der Waals surface area contributed by atoms with Crippen molar-refractivity contribution in [3.8, 4) is 11.8 Å². The van der Waals surface area contributed by atoms with E-state index in [1.165, 1.54) is 0 Å². The van der Waals surface area contributed by atoms with Crippen LogP contribution in [0.15, 0.2) is 0 Å². The number of hydrogen-bond acceptors (Lipinski definition) is 3. The number of ether oxygens (including phenoxy) is 1. The highest BCUT2D eigenvalue weighted by atomic mass is 19.3. The molecule has 0 radical (unpaired) electrons. The molecule has 1 N–H and O–H groups in total. The van der Waals surface area contributed by atoms with Gasteiger partial charge in [0.05, 0.1) is 25.4 Å². The summed E-state index contributed by atoms with van der Waals surface area (Å²) in [6.07, 6.45) is 0.469. The second-order valence-corrected chi connectivity index (χ2v) is 4.83. The summed E-state index contributed by atoms with van der Waals surface area (Å²) in [5.41, 5.74) is -0.692. The summed E-state index contributed by atoms with van der Waals surface area (Å²) in [5.74, 6) is 2.92. The lowest BCUT2D eigenvalue weighted by Gasteiger charge is -2.47. The molecule has 0 saturated carbocycles. The van der Waals surface area contributed by atoms with Gasteiger partial charge in [-0.05, 0) is 13.3 Å². The van der Waals surface area contributed by atoms with Crippen LogP contribution in [0, 0.1) is 11.8 Å². The predicted molar refractivity (Wildman–Crippen MR) is 60.8 cm³/mol. The van der Waals surface area contributed by atoms with Gasteiger partial charge in [-0.3, -0.25) is 10.2 Å². The van der Waals surface area contributed by atoms with Crippen LogP contribution in [0.1, 0.15) is 19.8 Å². The Morgan fingerprint density at radius 2 is 2.24 bits per heavy atom. The van der Waals surface area contributed by atoms with Crippen LogP contribution in [0.4, 0.5) is 8.78 Å². The summed E-state index contributed by atoms with van der Waals surface area (Å²) in [6, 6.07) is 0. The number of hydrogen-bond donors (Lipinski definition) is 1. The van der Waals surface area contributed by atoms with Crippen molar-refractivity contribution in [2.75, 3.05) is 32.9 Å². The number of likely N-dealkylation sites (tertiary alicyclic amines) is 1. The Morgan fingerprint density at radius 3 is 2.88 bits per heavy atom. The van der Waals surface area contributed by atoms with Crippen LogP contribution >= 0.6 is 0 Å². The van der Waals surface area contributed by atoms with Crippen molar-refractivity contribution in [1.82, 2.24) is 10.2 Å². The van der Waals surface area contributed by atoms with E-state index >= 15 is 0 Å². The van der Waals surface area contributed by atoms with Gasteiger partial charge in [-0.15, -0.1) is 5.92 Å².